The molecule has 61 heavy (non-hydrogen) atoms. The fourth-order valence-corrected chi connectivity index (χ4v) is 8.65. The Morgan fingerprint density at radius 3 is 2.02 bits per heavy atom. The van der Waals surface area contributed by atoms with Gasteiger partial charge in [0.2, 0.25) is 11.8 Å². The number of amides is 4. The second-order valence-corrected chi connectivity index (χ2v) is 16.4. The summed E-state index contributed by atoms with van der Waals surface area (Å²) in [6.07, 6.45) is 2.14. The highest BCUT2D eigenvalue weighted by Gasteiger charge is 2.42. The number of rotatable bonds is 10. The summed E-state index contributed by atoms with van der Waals surface area (Å²) >= 11 is 0. The number of aromatic amines is 2. The number of halogens is 2. The lowest BCUT2D eigenvalue weighted by Crippen LogP contribution is -2.51. The van der Waals surface area contributed by atoms with E-state index >= 15 is 4.39 Å². The van der Waals surface area contributed by atoms with Crippen LogP contribution in [0.15, 0.2) is 54.9 Å². The summed E-state index contributed by atoms with van der Waals surface area (Å²) in [7, 11) is 2.47. The van der Waals surface area contributed by atoms with Crippen LogP contribution in [-0.4, -0.2) is 104 Å². The molecule has 4 amide bonds. The second kappa shape index (κ2) is 16.5. The van der Waals surface area contributed by atoms with Crippen molar-refractivity contribution in [1.82, 2.24) is 44.9 Å². The Morgan fingerprint density at radius 2 is 1.39 bits per heavy atom. The maximum atomic E-state index is 16.0. The van der Waals surface area contributed by atoms with Gasteiger partial charge in [0.25, 0.3) is 0 Å². The number of carbonyl (C=O) groups excluding carboxylic acids is 4. The Kier molecular flexibility index (Phi) is 11.2. The monoisotopic (exact) mass is 841 g/mol. The van der Waals surface area contributed by atoms with Crippen molar-refractivity contribution in [3.8, 4) is 39.5 Å². The van der Waals surface area contributed by atoms with Gasteiger partial charge in [-0.25, -0.2) is 23.9 Å². The van der Waals surface area contributed by atoms with Crippen molar-refractivity contribution >= 4 is 34.9 Å². The van der Waals surface area contributed by atoms with Crippen molar-refractivity contribution in [3.63, 3.8) is 0 Å². The molecule has 5 aromatic rings. The number of nitrogens with one attached hydrogen (secondary N) is 4. The van der Waals surface area contributed by atoms with Gasteiger partial charge in [-0.15, -0.1) is 0 Å². The van der Waals surface area contributed by atoms with Gasteiger partial charge in [-0.2, -0.15) is 4.39 Å². The molecular weight excluding hydrogens is 793 g/mol. The molecule has 6 atom stereocenters. The van der Waals surface area contributed by atoms with Gasteiger partial charge in [0.15, 0.2) is 0 Å². The van der Waals surface area contributed by atoms with Gasteiger partial charge < -0.3 is 44.6 Å². The first-order chi connectivity index (χ1) is 29.3. The zero-order chi connectivity index (χ0) is 43.3. The highest BCUT2D eigenvalue weighted by Crippen LogP contribution is 2.45. The van der Waals surface area contributed by atoms with Crippen LogP contribution in [-0.2, 0) is 19.1 Å². The van der Waals surface area contributed by atoms with Crippen molar-refractivity contribution in [2.45, 2.75) is 83.8 Å². The smallest absolute Gasteiger partial charge is 0.407 e. The summed E-state index contributed by atoms with van der Waals surface area (Å²) in [6, 6.07) is 10.3. The van der Waals surface area contributed by atoms with Crippen LogP contribution in [0.1, 0.15) is 77.2 Å². The number of carbonyl (C=O) groups is 4. The fourth-order valence-electron chi connectivity index (χ4n) is 8.65. The molecule has 2 saturated heterocycles. The Bertz CT molecular complexity index is 2480. The van der Waals surface area contributed by atoms with Crippen molar-refractivity contribution in [1.29, 1.82) is 0 Å². The predicted molar refractivity (Wildman–Crippen MR) is 219 cm³/mol. The first-order valence-corrected chi connectivity index (χ1v) is 20.4. The van der Waals surface area contributed by atoms with Crippen LogP contribution in [0.2, 0.25) is 0 Å². The van der Waals surface area contributed by atoms with E-state index in [1.54, 1.807) is 43.3 Å². The maximum absolute atomic E-state index is 16.0. The lowest BCUT2D eigenvalue weighted by Gasteiger charge is -2.30. The zero-order valence-electron chi connectivity index (χ0n) is 34.7. The number of imidazole rings is 2. The number of alkyl carbamates (subject to hydrolysis) is 2. The summed E-state index contributed by atoms with van der Waals surface area (Å²) in [5.74, 6) is 0.300. The van der Waals surface area contributed by atoms with Crippen molar-refractivity contribution in [3.05, 3.63) is 66.5 Å². The minimum atomic E-state index is -1.81. The molecule has 2 aromatic carbocycles. The Labute approximate surface area is 350 Å². The molecule has 8 rings (SSSR count). The summed E-state index contributed by atoms with van der Waals surface area (Å²) in [5.41, 5.74) is 4.69. The molecule has 0 saturated carbocycles. The van der Waals surface area contributed by atoms with E-state index in [1.807, 2.05) is 44.2 Å². The van der Waals surface area contributed by atoms with Crippen molar-refractivity contribution < 1.29 is 42.2 Å². The van der Waals surface area contributed by atoms with Crippen LogP contribution in [0.5, 0.6) is 5.75 Å². The molecule has 2 fully saturated rings. The number of hydrogen-bond donors (Lipinski definition) is 4. The molecule has 0 bridgehead atoms. The SMILES string of the molecule is COC(=O)N[C@H](C(=O)N1CCC[C@H]1c1ncc(-c2ccc3c(c2)O[C@@H](F)n2c-3cc3cc(-c4cnc([C@@H]5C[C@@H](F)CN5C(=O)[C@@H](NC(=O)OC)C(C)C)[nH]4)ccc32)[nH]1)C(C)C. The quantitative estimate of drug-likeness (QED) is 0.115. The molecule has 3 aromatic heterocycles. The number of nitrogens with zero attached hydrogens (tertiary/aromatic N) is 5. The van der Waals surface area contributed by atoms with Crippen LogP contribution in [0.4, 0.5) is 18.4 Å². The summed E-state index contributed by atoms with van der Waals surface area (Å²) in [4.78, 5) is 70.2. The van der Waals surface area contributed by atoms with E-state index in [-0.39, 0.29) is 36.8 Å². The van der Waals surface area contributed by atoms with E-state index in [4.69, 9.17) is 14.2 Å². The van der Waals surface area contributed by atoms with Gasteiger partial charge in [-0.05, 0) is 55.0 Å². The lowest BCUT2D eigenvalue weighted by molar-refractivity contribution is -0.136. The van der Waals surface area contributed by atoms with E-state index in [9.17, 15) is 23.6 Å². The third kappa shape index (κ3) is 7.74. The van der Waals surface area contributed by atoms with E-state index < -0.39 is 48.9 Å². The minimum Gasteiger partial charge on any atom is -0.453 e. The number of aromatic nitrogens is 5. The molecule has 18 heteroatoms. The molecule has 3 aliphatic rings. The number of fused-ring (bicyclic) bond motifs is 5. The second-order valence-electron chi connectivity index (χ2n) is 16.4. The normalized spacial score (nSPS) is 20.6. The van der Waals surface area contributed by atoms with Gasteiger partial charge in [-0.1, -0.05) is 39.8 Å². The highest BCUT2D eigenvalue weighted by atomic mass is 19.2. The molecule has 3 aliphatic heterocycles. The predicted octanol–water partition coefficient (Wildman–Crippen LogP) is 6.94. The van der Waals surface area contributed by atoms with E-state index in [0.717, 1.165) is 22.9 Å². The largest absolute Gasteiger partial charge is 0.453 e. The molecule has 322 valence electrons. The molecule has 4 N–H and O–H groups in total. The summed E-state index contributed by atoms with van der Waals surface area (Å²) in [6.45, 7) is 5.88. The Balaban J connectivity index is 1.02. The first kappa shape index (κ1) is 41.3. The number of benzene rings is 2. The van der Waals surface area contributed by atoms with E-state index in [0.29, 0.717) is 58.5 Å². The van der Waals surface area contributed by atoms with Gasteiger partial charge >= 0.3 is 18.7 Å². The summed E-state index contributed by atoms with van der Waals surface area (Å²) < 4.78 is 47.7. The minimum absolute atomic E-state index is 0.0458. The summed E-state index contributed by atoms with van der Waals surface area (Å²) in [5, 5.41) is 5.99. The number of alkyl halides is 2. The highest BCUT2D eigenvalue weighted by molar-refractivity contribution is 5.92. The van der Waals surface area contributed by atoms with E-state index in [1.165, 1.54) is 23.7 Å². The number of ether oxygens (including phenoxy) is 3. The molecule has 0 spiro atoms. The van der Waals surface area contributed by atoms with Gasteiger partial charge in [-0.3, -0.25) is 14.2 Å². The van der Waals surface area contributed by atoms with Crippen LogP contribution in [0.25, 0.3) is 44.7 Å². The third-order valence-electron chi connectivity index (χ3n) is 11.8. The maximum Gasteiger partial charge on any atom is 0.407 e. The van der Waals surface area contributed by atoms with Crippen molar-refractivity contribution in [2.24, 2.45) is 11.8 Å². The molecule has 0 aliphatic carbocycles. The molecule has 0 radical (unpaired) electrons. The fraction of sp³-hybridized carbons (Fsp3) is 0.442. The van der Waals surface area contributed by atoms with Crippen LogP contribution >= 0.6 is 0 Å². The first-order valence-electron chi connectivity index (χ1n) is 20.4. The number of likely N-dealkylation sites (tertiary alicyclic amines) is 2. The Morgan fingerprint density at radius 1 is 0.803 bits per heavy atom. The van der Waals surface area contributed by atoms with Gasteiger partial charge in [0, 0.05) is 35.0 Å². The topological polar surface area (TPSA) is 189 Å². The number of H-pyrrole nitrogens is 2. The standard InChI is InChI=1S/C43H49F2N9O7/c1-21(2)35(50-42(57)59-5)39(55)52-13-7-8-31(52)37-46-19-29(48-37)24-9-11-27-32-15-25-14-23(10-12-30(25)54(32)41(45)61-34(27)16-24)28-18-47-38(49-28)33-17-26(44)20-53(33)40(56)36(22(3)4)51-43(58)60-6/h9-12,14-16,18-19,21-22,26,31,33,35-36,41H,7-8,13,17,20H2,1-6H3,(H,46,48)(H,47,49)(H,50,57)(H,51,58)/t26-,31+,33+,35+,36+,41+/m1/s1. The zero-order valence-corrected chi connectivity index (χ0v) is 34.7. The van der Waals surface area contributed by atoms with Gasteiger partial charge in [0.1, 0.15) is 35.7 Å². The third-order valence-corrected chi connectivity index (χ3v) is 11.8. The van der Waals surface area contributed by atoms with Crippen LogP contribution < -0.4 is 15.4 Å². The van der Waals surface area contributed by atoms with Crippen LogP contribution in [0.3, 0.4) is 0 Å². The molecule has 16 nitrogen and oxygen atoms in total. The van der Waals surface area contributed by atoms with Crippen molar-refractivity contribution in [2.75, 3.05) is 27.3 Å². The van der Waals surface area contributed by atoms with E-state index in [2.05, 4.69) is 30.6 Å². The number of methoxy groups -OCH3 is 2. The lowest BCUT2D eigenvalue weighted by atomic mass is 10.0. The molecular formula is C43H49F2N9O7. The van der Waals surface area contributed by atoms with Gasteiger partial charge in [0.05, 0.1) is 67.8 Å². The molecule has 0 unspecified atom stereocenters. The Hall–Kier alpha value is -6.46. The van der Waals surface area contributed by atoms with Crippen LogP contribution in [0, 0.1) is 11.8 Å². The average Bonchev–Trinajstić information content (AvgIpc) is 4.10. The molecule has 6 heterocycles. The average molecular weight is 842 g/mol. The number of hydrogen-bond acceptors (Lipinski definition) is 9.